The summed E-state index contributed by atoms with van der Waals surface area (Å²) in [6, 6.07) is 7.01. The van der Waals surface area contributed by atoms with Crippen LogP contribution in [0.5, 0.6) is 0 Å². The maximum Gasteiger partial charge on any atom is 0.330 e. The first-order valence-corrected chi connectivity index (χ1v) is 9.51. The Hall–Kier alpha value is -2.41. The van der Waals surface area contributed by atoms with Crippen molar-refractivity contribution in [3.63, 3.8) is 0 Å². The van der Waals surface area contributed by atoms with Crippen LogP contribution in [0, 0.1) is 5.92 Å². The molecule has 1 aromatic carbocycles. The van der Waals surface area contributed by atoms with Crippen molar-refractivity contribution in [1.82, 2.24) is 10.6 Å². The highest BCUT2D eigenvalue weighted by Gasteiger charge is 2.26. The summed E-state index contributed by atoms with van der Waals surface area (Å²) in [6.07, 6.45) is 4.19. The molecular weight excluding hydrogens is 346 g/mol. The minimum Gasteiger partial charge on any atom is -0.479 e. The maximum atomic E-state index is 12.4. The molecule has 5 N–H and O–H groups in total. The fourth-order valence-corrected chi connectivity index (χ4v) is 2.94. The third-order valence-electron chi connectivity index (χ3n) is 4.45. The highest BCUT2D eigenvalue weighted by molar-refractivity contribution is 5.89. The Morgan fingerprint density at radius 2 is 1.74 bits per heavy atom. The van der Waals surface area contributed by atoms with Gasteiger partial charge in [0.15, 0.2) is 6.04 Å². The molecule has 27 heavy (non-hydrogen) atoms. The number of unbranched alkanes of at least 4 members (excludes halogenated alkanes) is 1. The van der Waals surface area contributed by atoms with E-state index < -0.39 is 17.9 Å². The van der Waals surface area contributed by atoms with E-state index in [9.17, 15) is 19.5 Å². The van der Waals surface area contributed by atoms with E-state index in [1.807, 2.05) is 6.92 Å². The van der Waals surface area contributed by atoms with Gasteiger partial charge >= 0.3 is 5.97 Å². The van der Waals surface area contributed by atoms with Crippen LogP contribution in [-0.2, 0) is 14.4 Å². The molecule has 0 aliphatic heterocycles. The number of carbonyl (C=O) groups is 3. The molecule has 0 aliphatic carbocycles. The summed E-state index contributed by atoms with van der Waals surface area (Å²) >= 11 is 0. The highest BCUT2D eigenvalue weighted by atomic mass is 16.4. The third kappa shape index (κ3) is 7.78. The van der Waals surface area contributed by atoms with Gasteiger partial charge in [0, 0.05) is 6.04 Å². The van der Waals surface area contributed by atoms with Gasteiger partial charge in [0.1, 0.15) is 0 Å². The number of nitrogens with one attached hydrogen (secondary N) is 2. The number of carbonyl (C=O) groups excluding carboxylic acids is 2. The molecule has 0 bridgehead atoms. The second-order valence-electron chi connectivity index (χ2n) is 6.67. The van der Waals surface area contributed by atoms with Crippen molar-refractivity contribution >= 4 is 17.8 Å². The van der Waals surface area contributed by atoms with Crippen LogP contribution in [0.15, 0.2) is 30.3 Å². The van der Waals surface area contributed by atoms with Gasteiger partial charge in [-0.25, -0.2) is 4.79 Å². The first-order chi connectivity index (χ1) is 12.9. The second kappa shape index (κ2) is 12.1. The van der Waals surface area contributed by atoms with Gasteiger partial charge in [-0.2, -0.15) is 0 Å². The molecule has 7 nitrogen and oxygen atoms in total. The molecule has 0 heterocycles. The minimum absolute atomic E-state index is 0.246. The van der Waals surface area contributed by atoms with Crippen molar-refractivity contribution < 1.29 is 19.5 Å². The van der Waals surface area contributed by atoms with E-state index in [1.165, 1.54) is 0 Å². The predicted molar refractivity (Wildman–Crippen MR) is 104 cm³/mol. The third-order valence-corrected chi connectivity index (χ3v) is 4.45. The van der Waals surface area contributed by atoms with E-state index in [4.69, 9.17) is 5.73 Å². The van der Waals surface area contributed by atoms with Gasteiger partial charge in [-0.15, -0.1) is 0 Å². The number of aliphatic carboxylic acids is 1. The summed E-state index contributed by atoms with van der Waals surface area (Å²) in [5.74, 6) is -2.33. The Morgan fingerprint density at radius 1 is 1.07 bits per heavy atom. The smallest absolute Gasteiger partial charge is 0.330 e. The Labute approximate surface area is 160 Å². The van der Waals surface area contributed by atoms with Crippen LogP contribution in [0.2, 0.25) is 0 Å². The minimum atomic E-state index is -1.16. The van der Waals surface area contributed by atoms with E-state index in [1.54, 1.807) is 30.3 Å². The molecule has 1 rings (SSSR count). The molecule has 2 amide bonds. The molecular formula is C20H31N3O4. The van der Waals surface area contributed by atoms with Crippen LogP contribution in [0.1, 0.15) is 57.6 Å². The zero-order valence-corrected chi connectivity index (χ0v) is 16.1. The van der Waals surface area contributed by atoms with Crippen molar-refractivity contribution in [3.05, 3.63) is 35.9 Å². The zero-order chi connectivity index (χ0) is 20.2. The lowest BCUT2D eigenvalue weighted by molar-refractivity contribution is -0.142. The van der Waals surface area contributed by atoms with Gasteiger partial charge in [0.25, 0.3) is 0 Å². The standard InChI is InChI=1S/C20H31N3O4/c1-3-5-12-16(21)15(9-4-2)19(25)22-13-17(24)23-18(20(26)27)14-10-7-6-8-11-14/h6-8,10-11,15-16,18H,3-5,9,12-13,21H2,1-2H3,(H,22,25)(H,23,24)(H,26,27). The summed E-state index contributed by atoms with van der Waals surface area (Å²) in [6.45, 7) is 3.77. The fourth-order valence-electron chi connectivity index (χ4n) is 2.94. The number of hydrogen-bond donors (Lipinski definition) is 4. The normalized spacial score (nSPS) is 14.0. The van der Waals surface area contributed by atoms with E-state index in [0.29, 0.717) is 12.0 Å². The largest absolute Gasteiger partial charge is 0.479 e. The van der Waals surface area contributed by atoms with Gasteiger partial charge in [0.05, 0.1) is 12.5 Å². The fraction of sp³-hybridized carbons (Fsp3) is 0.550. The van der Waals surface area contributed by atoms with Gasteiger partial charge in [0.2, 0.25) is 11.8 Å². The molecule has 150 valence electrons. The average Bonchev–Trinajstić information content (AvgIpc) is 2.66. The summed E-state index contributed by atoms with van der Waals surface area (Å²) in [5, 5.41) is 14.4. The SMILES string of the molecule is CCCCC(N)C(CCC)C(=O)NCC(=O)NC(C(=O)O)c1ccccc1. The van der Waals surface area contributed by atoms with Gasteiger partial charge in [-0.1, -0.05) is 63.4 Å². The molecule has 7 heteroatoms. The molecule has 3 unspecified atom stereocenters. The number of carboxylic acids is 1. The number of hydrogen-bond acceptors (Lipinski definition) is 4. The van der Waals surface area contributed by atoms with E-state index in [0.717, 1.165) is 25.7 Å². The van der Waals surface area contributed by atoms with E-state index in [-0.39, 0.29) is 24.4 Å². The van der Waals surface area contributed by atoms with Crippen LogP contribution in [0.25, 0.3) is 0 Å². The maximum absolute atomic E-state index is 12.4. The molecule has 0 aromatic heterocycles. The van der Waals surface area contributed by atoms with Crippen molar-refractivity contribution in [2.45, 2.75) is 58.0 Å². The van der Waals surface area contributed by atoms with Crippen LogP contribution < -0.4 is 16.4 Å². The summed E-state index contributed by atoms with van der Waals surface area (Å²) < 4.78 is 0. The van der Waals surface area contributed by atoms with E-state index in [2.05, 4.69) is 17.6 Å². The molecule has 0 fully saturated rings. The van der Waals surface area contributed by atoms with Crippen molar-refractivity contribution in [1.29, 1.82) is 0 Å². The topological polar surface area (TPSA) is 122 Å². The lowest BCUT2D eigenvalue weighted by Crippen LogP contribution is -2.46. The summed E-state index contributed by atoms with van der Waals surface area (Å²) in [7, 11) is 0. The second-order valence-corrected chi connectivity index (χ2v) is 6.67. The number of rotatable bonds is 12. The van der Waals surface area contributed by atoms with Crippen molar-refractivity contribution in [3.8, 4) is 0 Å². The number of carboxylic acid groups (broad SMARTS) is 1. The summed E-state index contributed by atoms with van der Waals surface area (Å²) in [5.41, 5.74) is 6.62. The van der Waals surface area contributed by atoms with Gasteiger partial charge in [-0.05, 0) is 18.4 Å². The van der Waals surface area contributed by atoms with Crippen LogP contribution >= 0.6 is 0 Å². The van der Waals surface area contributed by atoms with Crippen LogP contribution in [-0.4, -0.2) is 35.5 Å². The van der Waals surface area contributed by atoms with E-state index >= 15 is 0 Å². The lowest BCUT2D eigenvalue weighted by atomic mass is 9.91. The molecule has 0 saturated carbocycles. The highest BCUT2D eigenvalue weighted by Crippen LogP contribution is 2.15. The Kier molecular flexibility index (Phi) is 10.1. The number of amides is 2. The zero-order valence-electron chi connectivity index (χ0n) is 16.1. The number of benzene rings is 1. The lowest BCUT2D eigenvalue weighted by Gasteiger charge is -2.23. The Bertz CT molecular complexity index is 607. The first-order valence-electron chi connectivity index (χ1n) is 9.51. The first kappa shape index (κ1) is 22.6. The predicted octanol–water partition coefficient (Wildman–Crippen LogP) is 1.98. The summed E-state index contributed by atoms with van der Waals surface area (Å²) in [4.78, 5) is 36.0. The quantitative estimate of drug-likeness (QED) is 0.444. The Morgan fingerprint density at radius 3 is 2.30 bits per heavy atom. The molecule has 0 spiro atoms. The molecule has 0 radical (unpaired) electrons. The van der Waals surface area contributed by atoms with Gasteiger partial charge < -0.3 is 21.5 Å². The molecule has 0 aliphatic rings. The monoisotopic (exact) mass is 377 g/mol. The average molecular weight is 377 g/mol. The molecule has 0 saturated heterocycles. The van der Waals surface area contributed by atoms with Crippen LogP contribution in [0.4, 0.5) is 0 Å². The van der Waals surface area contributed by atoms with Crippen molar-refractivity contribution in [2.24, 2.45) is 11.7 Å². The molecule has 1 aromatic rings. The number of nitrogens with two attached hydrogens (primary N) is 1. The molecule has 3 atom stereocenters. The van der Waals surface area contributed by atoms with Crippen molar-refractivity contribution in [2.75, 3.05) is 6.54 Å². The van der Waals surface area contributed by atoms with Gasteiger partial charge in [-0.3, -0.25) is 9.59 Å². The Balaban J connectivity index is 2.62. The van der Waals surface area contributed by atoms with Crippen LogP contribution in [0.3, 0.4) is 0 Å².